The number of fused-ring (bicyclic) bond motifs is 3. The number of thiazole rings is 1. The van der Waals surface area contributed by atoms with Crippen LogP contribution in [0.5, 0.6) is 5.75 Å². The number of piperidine rings is 1. The molecule has 0 amide bonds. The third-order valence-electron chi connectivity index (χ3n) is 10.3. The number of nitrogens with two attached hydrogens (primary N) is 1. The second kappa shape index (κ2) is 10.0. The summed E-state index contributed by atoms with van der Waals surface area (Å²) in [6, 6.07) is 3.85. The van der Waals surface area contributed by atoms with Crippen molar-refractivity contribution in [2.24, 2.45) is 23.0 Å². The zero-order valence-corrected chi connectivity index (χ0v) is 24.0. The maximum atomic E-state index is 13.3. The van der Waals surface area contributed by atoms with Crippen molar-refractivity contribution in [1.82, 2.24) is 4.98 Å². The fraction of sp³-hybridized carbons (Fsp3) is 0.645. The molecule has 1 aromatic heterocycles. The molecule has 214 valence electrons. The molecule has 2 aliphatic heterocycles. The summed E-state index contributed by atoms with van der Waals surface area (Å²) >= 11 is 1.53. The monoisotopic (exact) mass is 565 g/mol. The number of ether oxygens (including phenoxy) is 2. The molecule has 3 aliphatic carbocycles. The standard InChI is InChI=1S/C31H39N3O5S/c1-38-24-12-19(29(36)37)13-25-27(24)33-30(40-25)34-20-4-5-21(34)15-22(14-20)39-16-23(28(35)18-2-3-18)26(32)17-6-8-31(9-7-17)10-11-31/h12-13,17-18,20-22H,2-11,14-16,32H2,1H3,(H,36,37)/t20-,21?,22?/m0/s1. The van der Waals surface area contributed by atoms with Gasteiger partial charge in [0.1, 0.15) is 11.3 Å². The minimum Gasteiger partial charge on any atom is -0.494 e. The van der Waals surface area contributed by atoms with E-state index in [-0.39, 0.29) is 23.4 Å². The molecule has 3 atom stereocenters. The van der Waals surface area contributed by atoms with E-state index in [9.17, 15) is 14.7 Å². The van der Waals surface area contributed by atoms with Crippen LogP contribution in [0.4, 0.5) is 5.13 Å². The first kappa shape index (κ1) is 26.3. The van der Waals surface area contributed by atoms with Crippen LogP contribution in [0.3, 0.4) is 0 Å². The smallest absolute Gasteiger partial charge is 0.335 e. The van der Waals surface area contributed by atoms with E-state index < -0.39 is 5.97 Å². The number of rotatable bonds is 9. The van der Waals surface area contributed by atoms with Gasteiger partial charge in [-0.2, -0.15) is 0 Å². The van der Waals surface area contributed by atoms with E-state index in [1.807, 2.05) is 0 Å². The van der Waals surface area contributed by atoms with Gasteiger partial charge in [-0.15, -0.1) is 0 Å². The summed E-state index contributed by atoms with van der Waals surface area (Å²) in [4.78, 5) is 32.2. The first-order valence-electron chi connectivity index (χ1n) is 15.0. The Morgan fingerprint density at radius 2 is 1.75 bits per heavy atom. The number of hydrogen-bond acceptors (Lipinski definition) is 8. The van der Waals surface area contributed by atoms with E-state index in [1.165, 1.54) is 37.0 Å². The lowest BCUT2D eigenvalue weighted by atomic mass is 9.77. The number of Topliss-reactive ketones (excluding diaryl/α,β-unsaturated/α-hetero) is 1. The molecule has 8 nitrogen and oxygen atoms in total. The third kappa shape index (κ3) is 4.79. The summed E-state index contributed by atoms with van der Waals surface area (Å²) in [7, 11) is 1.55. The zero-order valence-electron chi connectivity index (χ0n) is 23.2. The second-order valence-corrected chi connectivity index (χ2v) is 13.9. The van der Waals surface area contributed by atoms with Gasteiger partial charge in [-0.05, 0) is 101 Å². The number of aromatic nitrogens is 1. The molecule has 0 radical (unpaired) electrons. The molecule has 40 heavy (non-hydrogen) atoms. The van der Waals surface area contributed by atoms with Crippen molar-refractivity contribution in [3.05, 3.63) is 29.0 Å². The van der Waals surface area contributed by atoms with E-state index in [4.69, 9.17) is 20.2 Å². The van der Waals surface area contributed by atoms with Crippen LogP contribution >= 0.6 is 11.3 Å². The highest BCUT2D eigenvalue weighted by Gasteiger charge is 2.46. The number of ketones is 1. The number of allylic oxidation sites excluding steroid dienone is 1. The van der Waals surface area contributed by atoms with Gasteiger partial charge in [0.15, 0.2) is 10.9 Å². The van der Waals surface area contributed by atoms with Gasteiger partial charge in [-0.25, -0.2) is 9.78 Å². The molecule has 1 aromatic carbocycles. The predicted octanol–water partition coefficient (Wildman–Crippen LogP) is 5.68. The van der Waals surface area contributed by atoms with Crippen molar-refractivity contribution < 1.29 is 24.2 Å². The van der Waals surface area contributed by atoms with Crippen molar-refractivity contribution in [1.29, 1.82) is 0 Å². The number of nitrogens with zero attached hydrogens (tertiary/aromatic N) is 2. The third-order valence-corrected chi connectivity index (χ3v) is 11.3. The maximum Gasteiger partial charge on any atom is 0.335 e. The molecule has 3 heterocycles. The van der Waals surface area contributed by atoms with Gasteiger partial charge in [-0.1, -0.05) is 11.3 Å². The van der Waals surface area contributed by atoms with Gasteiger partial charge in [0.25, 0.3) is 0 Å². The topological polar surface area (TPSA) is 115 Å². The molecule has 1 spiro atoms. The molecule has 2 saturated heterocycles. The van der Waals surface area contributed by atoms with Crippen molar-refractivity contribution >= 4 is 38.4 Å². The van der Waals surface area contributed by atoms with Gasteiger partial charge in [0, 0.05) is 29.3 Å². The van der Waals surface area contributed by atoms with E-state index in [0.717, 1.165) is 72.5 Å². The van der Waals surface area contributed by atoms with Crippen LogP contribution in [0.1, 0.15) is 87.4 Å². The molecular weight excluding hydrogens is 526 g/mol. The molecule has 9 heteroatoms. The molecule has 5 fully saturated rings. The van der Waals surface area contributed by atoms with Crippen molar-refractivity contribution in [2.75, 3.05) is 18.6 Å². The fourth-order valence-corrected chi connectivity index (χ4v) is 8.67. The van der Waals surface area contributed by atoms with Crippen LogP contribution in [0, 0.1) is 17.3 Å². The Morgan fingerprint density at radius 1 is 1.05 bits per heavy atom. The largest absolute Gasteiger partial charge is 0.494 e. The zero-order chi connectivity index (χ0) is 27.6. The van der Waals surface area contributed by atoms with Crippen LogP contribution in [-0.4, -0.2) is 53.7 Å². The Hall–Kier alpha value is -2.65. The summed E-state index contributed by atoms with van der Waals surface area (Å²) in [6.07, 6.45) is 13.4. The molecule has 2 unspecified atom stereocenters. The number of carbonyl (C=O) groups excluding carboxylic acids is 1. The first-order valence-corrected chi connectivity index (χ1v) is 15.8. The Kier molecular flexibility index (Phi) is 6.57. The van der Waals surface area contributed by atoms with Crippen molar-refractivity contribution in [2.45, 2.75) is 95.2 Å². The fourth-order valence-electron chi connectivity index (χ4n) is 7.51. The Labute approximate surface area is 238 Å². The van der Waals surface area contributed by atoms with E-state index in [1.54, 1.807) is 19.2 Å². The van der Waals surface area contributed by atoms with Crippen LogP contribution in [-0.2, 0) is 9.53 Å². The molecule has 2 aromatic rings. The number of carboxylic acids is 1. The Bertz CT molecular complexity index is 1350. The lowest BCUT2D eigenvalue weighted by Gasteiger charge is -2.39. The first-order chi connectivity index (χ1) is 19.3. The normalized spacial score (nSPS) is 28.1. The summed E-state index contributed by atoms with van der Waals surface area (Å²) in [5, 5.41) is 10.4. The van der Waals surface area contributed by atoms with Gasteiger partial charge in [-0.3, -0.25) is 4.79 Å². The lowest BCUT2D eigenvalue weighted by Crippen LogP contribution is -2.45. The lowest BCUT2D eigenvalue weighted by molar-refractivity contribution is -0.117. The number of benzene rings is 1. The van der Waals surface area contributed by atoms with Gasteiger partial charge in [0.2, 0.25) is 0 Å². The molecule has 3 saturated carbocycles. The average molecular weight is 566 g/mol. The number of methoxy groups -OCH3 is 1. The van der Waals surface area contributed by atoms with Crippen LogP contribution in [0.15, 0.2) is 23.4 Å². The summed E-state index contributed by atoms with van der Waals surface area (Å²) < 4.78 is 12.8. The quantitative estimate of drug-likeness (QED) is 0.373. The molecule has 3 N–H and O–H groups in total. The van der Waals surface area contributed by atoms with Crippen LogP contribution in [0.2, 0.25) is 0 Å². The Balaban J connectivity index is 1.05. The molecule has 2 bridgehead atoms. The van der Waals surface area contributed by atoms with Gasteiger partial charge >= 0.3 is 5.97 Å². The highest BCUT2D eigenvalue weighted by atomic mass is 32.1. The number of hydrogen-bond donors (Lipinski definition) is 2. The summed E-state index contributed by atoms with van der Waals surface area (Å²) in [5.41, 5.74) is 9.86. The van der Waals surface area contributed by atoms with Crippen molar-refractivity contribution in [3.8, 4) is 5.75 Å². The molecular formula is C31H39N3O5S. The van der Waals surface area contributed by atoms with Crippen LogP contribution < -0.4 is 15.4 Å². The summed E-state index contributed by atoms with van der Waals surface area (Å²) in [5.74, 6) is 0.214. The SMILES string of the molecule is COc1cc(C(=O)O)cc2sc(N3C4CC[C@H]3CC(OCC(C(=O)C3CC3)=C(N)C3CCC5(CC3)CC5)C4)nc12. The van der Waals surface area contributed by atoms with Gasteiger partial charge in [0.05, 0.1) is 30.1 Å². The van der Waals surface area contributed by atoms with Crippen LogP contribution in [0.25, 0.3) is 10.2 Å². The predicted molar refractivity (Wildman–Crippen MR) is 154 cm³/mol. The maximum absolute atomic E-state index is 13.3. The highest BCUT2D eigenvalue weighted by Crippen LogP contribution is 2.57. The van der Waals surface area contributed by atoms with E-state index >= 15 is 0 Å². The minimum absolute atomic E-state index is 0.0900. The highest BCUT2D eigenvalue weighted by molar-refractivity contribution is 7.22. The number of carbonyl (C=O) groups is 2. The number of aromatic carboxylic acids is 1. The molecule has 7 rings (SSSR count). The molecule has 5 aliphatic rings. The second-order valence-electron chi connectivity index (χ2n) is 12.9. The van der Waals surface area contributed by atoms with E-state index in [2.05, 4.69) is 4.90 Å². The minimum atomic E-state index is -0.974. The summed E-state index contributed by atoms with van der Waals surface area (Å²) in [6.45, 7) is 0.337. The Morgan fingerprint density at radius 3 is 2.35 bits per heavy atom. The van der Waals surface area contributed by atoms with Crippen molar-refractivity contribution in [3.63, 3.8) is 0 Å². The number of carboxylic acid groups (broad SMARTS) is 1. The van der Waals surface area contributed by atoms with E-state index in [0.29, 0.717) is 41.3 Å². The number of anilines is 1. The average Bonchev–Trinajstić information content (AvgIpc) is 3.87. The van der Waals surface area contributed by atoms with Gasteiger partial charge < -0.3 is 25.2 Å².